The van der Waals surface area contributed by atoms with Crippen molar-refractivity contribution >= 4 is 11.7 Å². The minimum Gasteiger partial charge on any atom is -0.380 e. The van der Waals surface area contributed by atoms with E-state index < -0.39 is 0 Å². The summed E-state index contributed by atoms with van der Waals surface area (Å²) in [6.07, 6.45) is 1.70. The van der Waals surface area contributed by atoms with Crippen LogP contribution in [0.3, 0.4) is 0 Å². The fraction of sp³-hybridized carbons (Fsp3) is 0.867. The Morgan fingerprint density at radius 2 is 1.45 bits per heavy atom. The predicted octanol–water partition coefficient (Wildman–Crippen LogP) is 0.558. The van der Waals surface area contributed by atoms with Crippen LogP contribution < -0.4 is 5.32 Å². The van der Waals surface area contributed by atoms with Crippen LogP contribution in [0.5, 0.6) is 0 Å². The molecule has 0 saturated carbocycles. The summed E-state index contributed by atoms with van der Waals surface area (Å²) < 4.78 is 20.8. The van der Waals surface area contributed by atoms with Crippen LogP contribution in [0.2, 0.25) is 0 Å². The normalized spacial score (nSPS) is 10.6. The summed E-state index contributed by atoms with van der Waals surface area (Å²) in [6.45, 7) is 7.29. The molecule has 0 radical (unpaired) electrons. The molecule has 0 aliphatic rings. The number of nitrogens with one attached hydrogen (secondary N) is 1. The molecule has 0 heterocycles. The largest absolute Gasteiger partial charge is 0.380 e. The van der Waals surface area contributed by atoms with Gasteiger partial charge in [0, 0.05) is 26.4 Å². The van der Waals surface area contributed by atoms with Crippen molar-refractivity contribution in [3.63, 3.8) is 0 Å². The molecular formula is C15H29NO6. The lowest BCUT2D eigenvalue weighted by Crippen LogP contribution is -2.31. The average molecular weight is 319 g/mol. The number of carbonyl (C=O) groups excluding carboxylic acids is 2. The van der Waals surface area contributed by atoms with Gasteiger partial charge in [0.25, 0.3) is 0 Å². The predicted molar refractivity (Wildman–Crippen MR) is 81.9 cm³/mol. The van der Waals surface area contributed by atoms with Gasteiger partial charge in [0.2, 0.25) is 5.91 Å². The highest BCUT2D eigenvalue weighted by molar-refractivity contribution is 5.77. The Labute approximate surface area is 132 Å². The minimum absolute atomic E-state index is 0.0165. The molecule has 0 aromatic heterocycles. The molecule has 7 nitrogen and oxygen atoms in total. The van der Waals surface area contributed by atoms with E-state index in [0.717, 1.165) is 12.8 Å². The van der Waals surface area contributed by atoms with Crippen molar-refractivity contribution in [1.29, 1.82) is 0 Å². The average Bonchev–Trinajstić information content (AvgIpc) is 2.48. The number of ether oxygens (including phenoxy) is 4. The number of hydrogen-bond acceptors (Lipinski definition) is 6. The van der Waals surface area contributed by atoms with Crippen LogP contribution in [0.4, 0.5) is 0 Å². The quantitative estimate of drug-likeness (QED) is 0.419. The lowest BCUT2D eigenvalue weighted by atomic mass is 10.4. The smallest absolute Gasteiger partial charge is 0.246 e. The Kier molecular flexibility index (Phi) is 15.6. The van der Waals surface area contributed by atoms with Crippen molar-refractivity contribution in [2.45, 2.75) is 26.7 Å². The second-order valence-corrected chi connectivity index (χ2v) is 4.74. The summed E-state index contributed by atoms with van der Waals surface area (Å²) in [6, 6.07) is 0. The maximum atomic E-state index is 11.4. The summed E-state index contributed by atoms with van der Waals surface area (Å²) in [5, 5.41) is 2.70. The fourth-order valence-corrected chi connectivity index (χ4v) is 1.42. The molecule has 0 saturated heterocycles. The lowest BCUT2D eigenvalue weighted by Gasteiger charge is -2.07. The third kappa shape index (κ3) is 17.0. The van der Waals surface area contributed by atoms with E-state index in [1.54, 1.807) is 0 Å². The fourth-order valence-electron chi connectivity index (χ4n) is 1.42. The van der Waals surface area contributed by atoms with Gasteiger partial charge < -0.3 is 24.3 Å². The molecule has 0 bridgehead atoms. The van der Waals surface area contributed by atoms with Crippen molar-refractivity contribution in [3.8, 4) is 0 Å². The molecule has 0 rings (SSSR count). The molecular weight excluding hydrogens is 290 g/mol. The van der Waals surface area contributed by atoms with Gasteiger partial charge in [-0.15, -0.1) is 0 Å². The molecule has 7 heteroatoms. The first kappa shape index (κ1) is 21.0. The van der Waals surface area contributed by atoms with Crippen molar-refractivity contribution in [1.82, 2.24) is 5.32 Å². The molecule has 22 heavy (non-hydrogen) atoms. The highest BCUT2D eigenvalue weighted by atomic mass is 16.5. The third-order valence-electron chi connectivity index (χ3n) is 2.40. The van der Waals surface area contributed by atoms with Gasteiger partial charge >= 0.3 is 0 Å². The Morgan fingerprint density at radius 1 is 0.818 bits per heavy atom. The van der Waals surface area contributed by atoms with Gasteiger partial charge in [-0.1, -0.05) is 6.92 Å². The number of hydrogen-bond donors (Lipinski definition) is 1. The van der Waals surface area contributed by atoms with Crippen LogP contribution in [0.15, 0.2) is 0 Å². The van der Waals surface area contributed by atoms with Crippen LogP contribution in [0, 0.1) is 0 Å². The number of ketones is 1. The maximum Gasteiger partial charge on any atom is 0.246 e. The molecule has 0 atom stereocenters. The van der Waals surface area contributed by atoms with Gasteiger partial charge in [-0.25, -0.2) is 0 Å². The van der Waals surface area contributed by atoms with Gasteiger partial charge in [-0.05, 0) is 19.8 Å². The molecule has 1 N–H and O–H groups in total. The zero-order chi connectivity index (χ0) is 16.5. The molecule has 0 aliphatic carbocycles. The summed E-state index contributed by atoms with van der Waals surface area (Å²) >= 11 is 0. The third-order valence-corrected chi connectivity index (χ3v) is 2.40. The van der Waals surface area contributed by atoms with E-state index in [-0.39, 0.29) is 24.9 Å². The Morgan fingerprint density at radius 3 is 2.18 bits per heavy atom. The van der Waals surface area contributed by atoms with Crippen molar-refractivity contribution in [2.75, 3.05) is 59.4 Å². The van der Waals surface area contributed by atoms with Crippen molar-refractivity contribution in [3.05, 3.63) is 0 Å². The standard InChI is InChI=1S/C15H29NO6/c1-3-6-19-10-11-22-13-15(18)16-5-9-20-7-4-8-21-12-14(2)17/h3-13H2,1-2H3,(H,16,18). The van der Waals surface area contributed by atoms with E-state index in [1.807, 2.05) is 6.92 Å². The Balaban J connectivity index is 3.16. The molecule has 130 valence electrons. The highest BCUT2D eigenvalue weighted by Gasteiger charge is 2.00. The number of rotatable bonds is 16. The Bertz CT molecular complexity index is 285. The number of Topliss-reactive ketones (excluding diaryl/α,β-unsaturated/α-hetero) is 1. The zero-order valence-corrected chi connectivity index (χ0v) is 13.7. The molecule has 0 unspecified atom stereocenters. The molecule has 0 aromatic rings. The maximum absolute atomic E-state index is 11.4. The molecule has 0 aromatic carbocycles. The monoisotopic (exact) mass is 319 g/mol. The van der Waals surface area contributed by atoms with E-state index >= 15 is 0 Å². The summed E-state index contributed by atoms with van der Waals surface area (Å²) in [5.41, 5.74) is 0. The minimum atomic E-state index is -0.163. The second-order valence-electron chi connectivity index (χ2n) is 4.74. The Hall–Kier alpha value is -1.02. The second kappa shape index (κ2) is 16.4. The van der Waals surface area contributed by atoms with Crippen LogP contribution >= 0.6 is 0 Å². The van der Waals surface area contributed by atoms with E-state index in [4.69, 9.17) is 18.9 Å². The van der Waals surface area contributed by atoms with E-state index in [2.05, 4.69) is 5.32 Å². The first-order chi connectivity index (χ1) is 10.7. The summed E-state index contributed by atoms with van der Waals surface area (Å²) in [4.78, 5) is 22.0. The van der Waals surface area contributed by atoms with Gasteiger partial charge in [0.1, 0.15) is 13.2 Å². The topological polar surface area (TPSA) is 83.1 Å². The first-order valence-electron chi connectivity index (χ1n) is 7.74. The van der Waals surface area contributed by atoms with E-state index in [1.165, 1.54) is 6.92 Å². The van der Waals surface area contributed by atoms with Crippen molar-refractivity contribution in [2.24, 2.45) is 0 Å². The molecule has 1 amide bonds. The number of amides is 1. The molecule has 0 aliphatic heterocycles. The van der Waals surface area contributed by atoms with Crippen LogP contribution in [0.1, 0.15) is 26.7 Å². The zero-order valence-electron chi connectivity index (χ0n) is 13.7. The van der Waals surface area contributed by atoms with Crippen molar-refractivity contribution < 1.29 is 28.5 Å². The van der Waals surface area contributed by atoms with E-state index in [0.29, 0.717) is 46.2 Å². The van der Waals surface area contributed by atoms with E-state index in [9.17, 15) is 9.59 Å². The lowest BCUT2D eigenvalue weighted by molar-refractivity contribution is -0.126. The van der Waals surface area contributed by atoms with Gasteiger partial charge in [0.15, 0.2) is 5.78 Å². The first-order valence-corrected chi connectivity index (χ1v) is 7.74. The summed E-state index contributed by atoms with van der Waals surface area (Å²) in [5.74, 6) is -0.147. The van der Waals surface area contributed by atoms with Crippen LogP contribution in [0.25, 0.3) is 0 Å². The SMILES string of the molecule is CCCOCCOCC(=O)NCCOCCCOCC(C)=O. The van der Waals surface area contributed by atoms with Crippen LogP contribution in [-0.2, 0) is 28.5 Å². The molecule has 0 fully saturated rings. The highest BCUT2D eigenvalue weighted by Crippen LogP contribution is 1.86. The number of carbonyl (C=O) groups is 2. The van der Waals surface area contributed by atoms with Gasteiger partial charge in [0.05, 0.1) is 19.8 Å². The summed E-state index contributed by atoms with van der Waals surface area (Å²) in [7, 11) is 0. The van der Waals surface area contributed by atoms with Gasteiger partial charge in [-0.3, -0.25) is 9.59 Å². The molecule has 0 spiro atoms. The van der Waals surface area contributed by atoms with Crippen LogP contribution in [-0.4, -0.2) is 71.1 Å². The van der Waals surface area contributed by atoms with Gasteiger partial charge in [-0.2, -0.15) is 0 Å².